The number of rotatable bonds is 4. The van der Waals surface area contributed by atoms with E-state index in [-0.39, 0.29) is 0 Å². The number of benzene rings is 1. The van der Waals surface area contributed by atoms with Gasteiger partial charge in [-0.15, -0.1) is 0 Å². The van der Waals surface area contributed by atoms with Crippen molar-refractivity contribution in [3.63, 3.8) is 0 Å². The lowest BCUT2D eigenvalue weighted by atomic mass is 9.80. The van der Waals surface area contributed by atoms with Crippen LogP contribution in [0.2, 0.25) is 0 Å². The molecule has 0 fully saturated rings. The summed E-state index contributed by atoms with van der Waals surface area (Å²) < 4.78 is 0. The molecule has 2 N–H and O–H groups in total. The van der Waals surface area contributed by atoms with E-state index in [1.807, 2.05) is 37.3 Å². The van der Waals surface area contributed by atoms with Crippen molar-refractivity contribution < 1.29 is 10.2 Å². The van der Waals surface area contributed by atoms with Crippen LogP contribution in [0, 0.1) is 12.3 Å². The second-order valence-electron chi connectivity index (χ2n) is 6.34. The maximum absolute atomic E-state index is 10.4. The maximum Gasteiger partial charge on any atom is 0.194 e. The molecule has 2 nitrogen and oxygen atoms in total. The lowest BCUT2D eigenvalue weighted by Crippen LogP contribution is -2.44. The van der Waals surface area contributed by atoms with Crippen molar-refractivity contribution in [1.82, 2.24) is 0 Å². The van der Waals surface area contributed by atoms with E-state index in [2.05, 4.69) is 6.58 Å². The van der Waals surface area contributed by atoms with Crippen LogP contribution in [0.3, 0.4) is 0 Å². The molecule has 0 saturated heterocycles. The summed E-state index contributed by atoms with van der Waals surface area (Å²) in [4.78, 5) is 0. The average molecular weight is 286 g/mol. The Hall–Kier alpha value is -1.64. The molecule has 1 aromatic rings. The quantitative estimate of drug-likeness (QED) is 0.642. The summed E-state index contributed by atoms with van der Waals surface area (Å²) in [6.07, 6.45) is 5.26. The van der Waals surface area contributed by atoms with E-state index in [0.29, 0.717) is 5.57 Å². The molecule has 0 heterocycles. The van der Waals surface area contributed by atoms with E-state index in [4.69, 9.17) is 0 Å². The Labute approximate surface area is 128 Å². The Morgan fingerprint density at radius 1 is 1.10 bits per heavy atom. The molecule has 0 aliphatic rings. The average Bonchev–Trinajstić information content (AvgIpc) is 2.38. The van der Waals surface area contributed by atoms with Gasteiger partial charge in [0.25, 0.3) is 0 Å². The highest BCUT2D eigenvalue weighted by molar-refractivity contribution is 5.74. The molecule has 0 saturated carbocycles. The molecule has 1 rings (SSSR count). The van der Waals surface area contributed by atoms with Gasteiger partial charge < -0.3 is 10.2 Å². The van der Waals surface area contributed by atoms with Crippen molar-refractivity contribution in [3.8, 4) is 0 Å². The molecule has 0 atom stereocenters. The third kappa shape index (κ3) is 3.93. The molecule has 0 aliphatic carbocycles. The molecular formula is C19H26O2. The van der Waals surface area contributed by atoms with Crippen molar-refractivity contribution in [1.29, 1.82) is 0 Å². The van der Waals surface area contributed by atoms with Gasteiger partial charge in [-0.25, -0.2) is 0 Å². The zero-order chi connectivity index (χ0) is 16.3. The first kappa shape index (κ1) is 17.4. The first-order valence-corrected chi connectivity index (χ1v) is 7.15. The fraction of sp³-hybridized carbons (Fsp3) is 0.368. The molecule has 0 spiro atoms. The standard InChI is InChI=1S/C19H26O2/c1-7-16(19(20,21)18(4,5)6)13-12-15(3)17-11-9-8-10-14(17)2/h7-13,20-21H,3H2,1-2,4-6H3/b13-12-,16-7+. The Kier molecular flexibility index (Phi) is 5.32. The van der Waals surface area contributed by atoms with Gasteiger partial charge in [0.1, 0.15) is 0 Å². The predicted octanol–water partition coefficient (Wildman–Crippen LogP) is 4.24. The van der Waals surface area contributed by atoms with Crippen LogP contribution >= 0.6 is 0 Å². The highest BCUT2D eigenvalue weighted by Crippen LogP contribution is 2.35. The molecule has 1 aromatic carbocycles. The van der Waals surface area contributed by atoms with Gasteiger partial charge >= 0.3 is 0 Å². The van der Waals surface area contributed by atoms with E-state index in [9.17, 15) is 10.2 Å². The summed E-state index contributed by atoms with van der Waals surface area (Å²) in [6, 6.07) is 7.99. The summed E-state index contributed by atoms with van der Waals surface area (Å²) in [5.74, 6) is -1.88. The van der Waals surface area contributed by atoms with Gasteiger partial charge in [0.15, 0.2) is 5.79 Å². The van der Waals surface area contributed by atoms with Gasteiger partial charge in [-0.3, -0.25) is 0 Å². The van der Waals surface area contributed by atoms with Crippen molar-refractivity contribution in [2.24, 2.45) is 5.41 Å². The monoisotopic (exact) mass is 286 g/mol. The molecule has 0 unspecified atom stereocenters. The van der Waals surface area contributed by atoms with Crippen LogP contribution in [0.4, 0.5) is 0 Å². The van der Waals surface area contributed by atoms with Crippen LogP contribution in [0.5, 0.6) is 0 Å². The number of hydrogen-bond donors (Lipinski definition) is 2. The molecule has 0 bridgehead atoms. The van der Waals surface area contributed by atoms with Crippen molar-refractivity contribution >= 4 is 5.57 Å². The third-order valence-electron chi connectivity index (χ3n) is 3.71. The van der Waals surface area contributed by atoms with Gasteiger partial charge in [-0.05, 0) is 30.5 Å². The zero-order valence-electron chi connectivity index (χ0n) is 13.6. The largest absolute Gasteiger partial charge is 0.362 e. The fourth-order valence-corrected chi connectivity index (χ4v) is 2.06. The highest BCUT2D eigenvalue weighted by Gasteiger charge is 2.40. The smallest absolute Gasteiger partial charge is 0.194 e. The van der Waals surface area contributed by atoms with Crippen molar-refractivity contribution in [2.45, 2.75) is 40.4 Å². The van der Waals surface area contributed by atoms with Gasteiger partial charge in [-0.1, -0.05) is 69.8 Å². The van der Waals surface area contributed by atoms with Gasteiger partial charge in [0, 0.05) is 11.0 Å². The van der Waals surface area contributed by atoms with Crippen molar-refractivity contribution in [3.05, 3.63) is 65.8 Å². The van der Waals surface area contributed by atoms with Crippen LogP contribution in [0.1, 0.15) is 38.8 Å². The van der Waals surface area contributed by atoms with E-state index < -0.39 is 11.2 Å². The van der Waals surface area contributed by atoms with E-state index in [1.165, 1.54) is 0 Å². The second kappa shape index (κ2) is 6.42. The summed E-state index contributed by atoms with van der Waals surface area (Å²) in [6.45, 7) is 13.3. The van der Waals surface area contributed by atoms with E-state index in [0.717, 1.165) is 16.7 Å². The van der Waals surface area contributed by atoms with E-state index in [1.54, 1.807) is 39.8 Å². The Balaban J connectivity index is 3.04. The summed E-state index contributed by atoms with van der Waals surface area (Å²) in [5, 5.41) is 20.7. The zero-order valence-corrected chi connectivity index (χ0v) is 13.6. The SMILES string of the molecule is C=C(/C=C\C(=C/C)C(O)(O)C(C)(C)C)c1ccccc1C. The molecule has 2 heteroatoms. The number of hydrogen-bond acceptors (Lipinski definition) is 2. The number of allylic oxidation sites excluding steroid dienone is 3. The van der Waals surface area contributed by atoms with Gasteiger partial charge in [0.05, 0.1) is 0 Å². The molecule has 0 aliphatic heterocycles. The number of aryl methyl sites for hydroxylation is 1. The number of aliphatic hydroxyl groups is 2. The Morgan fingerprint density at radius 3 is 2.14 bits per heavy atom. The van der Waals surface area contributed by atoms with Gasteiger partial charge in [0.2, 0.25) is 0 Å². The molecular weight excluding hydrogens is 260 g/mol. The first-order chi connectivity index (χ1) is 9.61. The lowest BCUT2D eigenvalue weighted by molar-refractivity contribution is -0.194. The van der Waals surface area contributed by atoms with Crippen LogP contribution in [0.15, 0.2) is 54.6 Å². The summed E-state index contributed by atoms with van der Waals surface area (Å²) in [5.41, 5.74) is 2.83. The molecule has 21 heavy (non-hydrogen) atoms. The van der Waals surface area contributed by atoms with Crippen LogP contribution in [-0.2, 0) is 0 Å². The molecule has 0 aromatic heterocycles. The normalized spacial score (nSPS) is 13.8. The van der Waals surface area contributed by atoms with E-state index >= 15 is 0 Å². The highest BCUT2D eigenvalue weighted by atomic mass is 16.5. The second-order valence-corrected chi connectivity index (χ2v) is 6.34. The topological polar surface area (TPSA) is 40.5 Å². The van der Waals surface area contributed by atoms with Crippen LogP contribution in [-0.4, -0.2) is 16.0 Å². The van der Waals surface area contributed by atoms with Crippen molar-refractivity contribution in [2.75, 3.05) is 0 Å². The maximum atomic E-state index is 10.4. The van der Waals surface area contributed by atoms with Crippen LogP contribution in [0.25, 0.3) is 5.57 Å². The minimum absolute atomic E-state index is 0.463. The summed E-state index contributed by atoms with van der Waals surface area (Å²) >= 11 is 0. The Morgan fingerprint density at radius 2 is 1.67 bits per heavy atom. The summed E-state index contributed by atoms with van der Waals surface area (Å²) in [7, 11) is 0. The lowest BCUT2D eigenvalue weighted by Gasteiger charge is -2.36. The van der Waals surface area contributed by atoms with Crippen LogP contribution < -0.4 is 0 Å². The minimum atomic E-state index is -1.88. The molecule has 0 radical (unpaired) electrons. The minimum Gasteiger partial charge on any atom is -0.362 e. The first-order valence-electron chi connectivity index (χ1n) is 7.15. The molecule has 114 valence electrons. The predicted molar refractivity (Wildman–Crippen MR) is 89.7 cm³/mol. The molecule has 0 amide bonds. The fourth-order valence-electron chi connectivity index (χ4n) is 2.06. The Bertz CT molecular complexity index is 569. The van der Waals surface area contributed by atoms with Gasteiger partial charge in [-0.2, -0.15) is 0 Å². The third-order valence-corrected chi connectivity index (χ3v) is 3.71.